The molecule has 1 aliphatic rings. The van der Waals surface area contributed by atoms with Crippen LogP contribution in [0.25, 0.3) is 11.1 Å². The first kappa shape index (κ1) is 19.5. The average molecular weight is 429 g/mol. The summed E-state index contributed by atoms with van der Waals surface area (Å²) in [6.45, 7) is 2.16. The summed E-state index contributed by atoms with van der Waals surface area (Å²) in [6, 6.07) is 12.6. The molecule has 1 aliphatic heterocycles. The average Bonchev–Trinajstić information content (AvgIpc) is 3.09. The number of fused-ring (bicyclic) bond motifs is 1. The summed E-state index contributed by atoms with van der Waals surface area (Å²) in [4.78, 5) is 25.1. The van der Waals surface area contributed by atoms with E-state index in [1.165, 1.54) is 0 Å². The second-order valence-corrected chi connectivity index (χ2v) is 7.79. The number of halogens is 2. The molecule has 1 unspecified atom stereocenters. The molecule has 29 heavy (non-hydrogen) atoms. The zero-order valence-corrected chi connectivity index (χ0v) is 17.1. The first-order valence-corrected chi connectivity index (χ1v) is 9.85. The van der Waals surface area contributed by atoms with Gasteiger partial charge in [-0.3, -0.25) is 9.59 Å². The van der Waals surface area contributed by atoms with Crippen LogP contribution in [0.4, 0.5) is 11.5 Å². The zero-order valence-electron chi connectivity index (χ0n) is 15.6. The second-order valence-electron chi connectivity index (χ2n) is 6.95. The summed E-state index contributed by atoms with van der Waals surface area (Å²) in [6.07, 6.45) is 1.75. The molecule has 0 saturated carbocycles. The highest BCUT2D eigenvalue weighted by atomic mass is 35.5. The number of carbonyl (C=O) groups excluding carboxylic acids is 2. The summed E-state index contributed by atoms with van der Waals surface area (Å²) in [5, 5.41) is 11.3. The fourth-order valence-corrected chi connectivity index (χ4v) is 3.63. The van der Waals surface area contributed by atoms with Crippen molar-refractivity contribution in [2.75, 3.05) is 10.6 Å². The van der Waals surface area contributed by atoms with Crippen LogP contribution in [0.15, 0.2) is 48.7 Å². The van der Waals surface area contributed by atoms with E-state index in [0.29, 0.717) is 28.1 Å². The number of nitrogens with one attached hydrogen (secondary N) is 2. The van der Waals surface area contributed by atoms with E-state index < -0.39 is 5.92 Å². The quantitative estimate of drug-likeness (QED) is 0.628. The molecule has 2 heterocycles. The highest BCUT2D eigenvalue weighted by Gasteiger charge is 2.30. The topological polar surface area (TPSA) is 76.0 Å². The van der Waals surface area contributed by atoms with Crippen molar-refractivity contribution in [3.63, 3.8) is 0 Å². The van der Waals surface area contributed by atoms with Crippen LogP contribution in [0.2, 0.25) is 10.0 Å². The Balaban J connectivity index is 1.48. The molecule has 0 saturated heterocycles. The standard InChI is InChI=1S/C21H18Cl2N4O2/c1-12-17(23)3-2-4-18(12)25-19(28)9-14-11-27-20(26-21(14)29)16(10-24-27)13-5-7-15(22)8-6-13/h2-8,10,14H,9,11H2,1H3,(H,25,28)(H,26,29). The monoisotopic (exact) mass is 428 g/mol. The van der Waals surface area contributed by atoms with Crippen LogP contribution >= 0.6 is 23.2 Å². The van der Waals surface area contributed by atoms with Crippen molar-refractivity contribution in [3.8, 4) is 11.1 Å². The Bertz CT molecular complexity index is 1090. The van der Waals surface area contributed by atoms with Crippen molar-refractivity contribution in [2.45, 2.75) is 19.9 Å². The number of rotatable bonds is 4. The number of hydrogen-bond donors (Lipinski definition) is 2. The third-order valence-electron chi connectivity index (χ3n) is 4.97. The van der Waals surface area contributed by atoms with E-state index in [2.05, 4.69) is 15.7 Å². The van der Waals surface area contributed by atoms with Crippen LogP contribution in [0.5, 0.6) is 0 Å². The molecule has 0 fully saturated rings. The van der Waals surface area contributed by atoms with Gasteiger partial charge in [-0.05, 0) is 42.3 Å². The molecule has 6 nitrogen and oxygen atoms in total. The molecular weight excluding hydrogens is 411 g/mol. The van der Waals surface area contributed by atoms with E-state index in [9.17, 15) is 9.59 Å². The summed E-state index contributed by atoms with van der Waals surface area (Å²) >= 11 is 12.0. The molecule has 0 spiro atoms. The highest BCUT2D eigenvalue weighted by Crippen LogP contribution is 2.32. The van der Waals surface area contributed by atoms with Gasteiger partial charge in [0.05, 0.1) is 18.7 Å². The molecule has 1 aromatic heterocycles. The van der Waals surface area contributed by atoms with E-state index in [1.54, 1.807) is 41.2 Å². The maximum Gasteiger partial charge on any atom is 0.231 e. The van der Waals surface area contributed by atoms with Crippen molar-refractivity contribution in [2.24, 2.45) is 5.92 Å². The van der Waals surface area contributed by atoms with E-state index >= 15 is 0 Å². The van der Waals surface area contributed by atoms with Crippen molar-refractivity contribution >= 4 is 46.5 Å². The molecule has 3 aromatic rings. The van der Waals surface area contributed by atoms with Gasteiger partial charge < -0.3 is 10.6 Å². The largest absolute Gasteiger partial charge is 0.326 e. The molecule has 2 aromatic carbocycles. The minimum Gasteiger partial charge on any atom is -0.326 e. The molecule has 2 N–H and O–H groups in total. The first-order chi connectivity index (χ1) is 13.9. The van der Waals surface area contributed by atoms with E-state index in [1.807, 2.05) is 19.1 Å². The predicted octanol–water partition coefficient (Wildman–Crippen LogP) is 4.76. The second kappa shape index (κ2) is 7.89. The minimum absolute atomic E-state index is 0.0490. The van der Waals surface area contributed by atoms with Gasteiger partial charge >= 0.3 is 0 Å². The first-order valence-electron chi connectivity index (χ1n) is 9.10. The SMILES string of the molecule is Cc1c(Cl)cccc1NC(=O)CC1Cn2ncc(-c3ccc(Cl)cc3)c2NC1=O. The van der Waals surface area contributed by atoms with Crippen LogP contribution in [-0.2, 0) is 16.1 Å². The van der Waals surface area contributed by atoms with Gasteiger partial charge in [-0.2, -0.15) is 5.10 Å². The van der Waals surface area contributed by atoms with Crippen LogP contribution < -0.4 is 10.6 Å². The molecule has 0 bridgehead atoms. The van der Waals surface area contributed by atoms with Gasteiger partial charge in [-0.15, -0.1) is 0 Å². The number of amides is 2. The van der Waals surface area contributed by atoms with Crippen molar-refractivity contribution in [3.05, 3.63) is 64.3 Å². The van der Waals surface area contributed by atoms with Gasteiger partial charge in [0, 0.05) is 27.7 Å². The van der Waals surface area contributed by atoms with Crippen LogP contribution in [0.3, 0.4) is 0 Å². The summed E-state index contributed by atoms with van der Waals surface area (Å²) in [7, 11) is 0. The number of carbonyl (C=O) groups is 2. The van der Waals surface area contributed by atoms with E-state index in [4.69, 9.17) is 23.2 Å². The van der Waals surface area contributed by atoms with Gasteiger partial charge in [0.1, 0.15) is 5.82 Å². The van der Waals surface area contributed by atoms with Gasteiger partial charge in [-0.1, -0.05) is 41.4 Å². The summed E-state index contributed by atoms with van der Waals surface area (Å²) in [5.41, 5.74) is 3.15. The predicted molar refractivity (Wildman–Crippen MR) is 114 cm³/mol. The lowest BCUT2D eigenvalue weighted by atomic mass is 10.0. The Morgan fingerprint density at radius 3 is 2.76 bits per heavy atom. The Labute approximate surface area is 177 Å². The fraction of sp³-hybridized carbons (Fsp3) is 0.190. The summed E-state index contributed by atoms with van der Waals surface area (Å²) < 4.78 is 1.72. The maximum absolute atomic E-state index is 12.6. The normalized spacial score (nSPS) is 15.6. The lowest BCUT2D eigenvalue weighted by Gasteiger charge is -2.24. The Hall–Kier alpha value is -2.83. The highest BCUT2D eigenvalue weighted by molar-refractivity contribution is 6.31. The molecule has 2 amide bonds. The van der Waals surface area contributed by atoms with Crippen LogP contribution in [0.1, 0.15) is 12.0 Å². The van der Waals surface area contributed by atoms with E-state index in [0.717, 1.165) is 16.7 Å². The van der Waals surface area contributed by atoms with Crippen molar-refractivity contribution in [1.82, 2.24) is 9.78 Å². The Morgan fingerprint density at radius 1 is 1.24 bits per heavy atom. The maximum atomic E-state index is 12.6. The lowest BCUT2D eigenvalue weighted by molar-refractivity contribution is -0.125. The molecular formula is C21H18Cl2N4O2. The minimum atomic E-state index is -0.514. The van der Waals surface area contributed by atoms with Gasteiger partial charge in [0.2, 0.25) is 11.8 Å². The third kappa shape index (κ3) is 3.99. The van der Waals surface area contributed by atoms with Gasteiger partial charge in [0.25, 0.3) is 0 Å². The smallest absolute Gasteiger partial charge is 0.231 e. The molecule has 148 valence electrons. The van der Waals surface area contributed by atoms with Crippen LogP contribution in [0, 0.1) is 12.8 Å². The van der Waals surface area contributed by atoms with Gasteiger partial charge in [-0.25, -0.2) is 4.68 Å². The van der Waals surface area contributed by atoms with Gasteiger partial charge in [0.15, 0.2) is 0 Å². The van der Waals surface area contributed by atoms with Crippen LogP contribution in [-0.4, -0.2) is 21.6 Å². The number of hydrogen-bond acceptors (Lipinski definition) is 3. The number of benzene rings is 2. The van der Waals surface area contributed by atoms with E-state index in [-0.39, 0.29) is 18.2 Å². The lowest BCUT2D eigenvalue weighted by Crippen LogP contribution is -2.36. The fourth-order valence-electron chi connectivity index (χ4n) is 3.33. The number of anilines is 2. The molecule has 0 aliphatic carbocycles. The number of nitrogens with zero attached hydrogens (tertiary/aromatic N) is 2. The molecule has 1 atom stereocenters. The Morgan fingerprint density at radius 2 is 2.00 bits per heavy atom. The molecule has 4 rings (SSSR count). The Kier molecular flexibility index (Phi) is 5.30. The molecule has 8 heteroatoms. The summed E-state index contributed by atoms with van der Waals surface area (Å²) in [5.74, 6) is -0.338. The zero-order chi connectivity index (χ0) is 20.5. The third-order valence-corrected chi connectivity index (χ3v) is 5.64. The molecule has 0 radical (unpaired) electrons. The van der Waals surface area contributed by atoms with Crippen molar-refractivity contribution < 1.29 is 9.59 Å². The van der Waals surface area contributed by atoms with Crippen molar-refractivity contribution in [1.29, 1.82) is 0 Å². The number of aromatic nitrogens is 2.